The molecule has 0 unspecified atom stereocenters. The van der Waals surface area contributed by atoms with Gasteiger partial charge in [-0.3, -0.25) is 14.5 Å². The molecule has 2 aromatic carbocycles. The number of piperidine rings is 1. The first-order valence-corrected chi connectivity index (χ1v) is 14.7. The molecule has 1 spiro atoms. The minimum Gasteiger partial charge on any atom is -0.487 e. The van der Waals surface area contributed by atoms with Crippen LogP contribution in [0.5, 0.6) is 5.75 Å². The molecule has 0 radical (unpaired) electrons. The molecule has 6 nitrogen and oxygen atoms in total. The smallest absolute Gasteiger partial charge is 0.416 e. The van der Waals surface area contributed by atoms with Crippen molar-refractivity contribution in [3.63, 3.8) is 0 Å². The number of carbonyl (C=O) groups excluding carboxylic acids is 2. The van der Waals surface area contributed by atoms with Crippen molar-refractivity contribution in [3.05, 3.63) is 64.7 Å². The average Bonchev–Trinajstić information content (AvgIpc) is 3.70. The van der Waals surface area contributed by atoms with Gasteiger partial charge >= 0.3 is 12.1 Å². The highest BCUT2D eigenvalue weighted by atomic mass is 19.4. The Morgan fingerprint density at radius 2 is 1.88 bits per heavy atom. The topological polar surface area (TPSA) is 59.1 Å². The van der Waals surface area contributed by atoms with E-state index in [1.807, 2.05) is 12.1 Å². The number of ether oxygens (including phenoxy) is 2. The third-order valence-electron chi connectivity index (χ3n) is 10.3. The first-order valence-electron chi connectivity index (χ1n) is 14.7. The molecule has 2 aromatic rings. The van der Waals surface area contributed by atoms with Gasteiger partial charge in [0.05, 0.1) is 23.1 Å². The number of hydrogen-bond donors (Lipinski definition) is 0. The van der Waals surface area contributed by atoms with Gasteiger partial charge in [-0.15, -0.1) is 0 Å². The van der Waals surface area contributed by atoms with E-state index in [1.54, 1.807) is 11.9 Å². The molecule has 3 aliphatic carbocycles. The van der Waals surface area contributed by atoms with Crippen LogP contribution in [0, 0.1) is 17.8 Å². The molecule has 1 amide bonds. The number of likely N-dealkylation sites (N-methyl/N-ethyl adjacent to an activating group) is 1. The molecule has 2 saturated carbocycles. The third kappa shape index (κ3) is 4.05. The summed E-state index contributed by atoms with van der Waals surface area (Å²) in [6.07, 6.45) is 0.339. The second kappa shape index (κ2) is 9.50. The predicted octanol–water partition coefficient (Wildman–Crippen LogP) is 4.72. The van der Waals surface area contributed by atoms with Gasteiger partial charge in [0.1, 0.15) is 17.5 Å². The first-order chi connectivity index (χ1) is 20.0. The highest BCUT2D eigenvalue weighted by Gasteiger charge is 2.75. The van der Waals surface area contributed by atoms with E-state index < -0.39 is 34.8 Å². The van der Waals surface area contributed by atoms with E-state index in [4.69, 9.17) is 9.47 Å². The van der Waals surface area contributed by atoms with Crippen LogP contribution in [0.25, 0.3) is 0 Å². The summed E-state index contributed by atoms with van der Waals surface area (Å²) in [7, 11) is 1.71. The lowest BCUT2D eigenvalue weighted by Crippen LogP contribution is -2.79. The molecule has 42 heavy (non-hydrogen) atoms. The summed E-state index contributed by atoms with van der Waals surface area (Å²) in [4.78, 5) is 30.3. The van der Waals surface area contributed by atoms with Gasteiger partial charge in [-0.1, -0.05) is 18.1 Å². The molecule has 7 rings (SSSR count). The number of esters is 1. The van der Waals surface area contributed by atoms with Crippen LogP contribution in [0.2, 0.25) is 0 Å². The van der Waals surface area contributed by atoms with Crippen molar-refractivity contribution >= 4 is 11.9 Å². The van der Waals surface area contributed by atoms with Gasteiger partial charge in [0.15, 0.2) is 0 Å². The van der Waals surface area contributed by atoms with Crippen molar-refractivity contribution in [2.24, 2.45) is 5.92 Å². The zero-order chi connectivity index (χ0) is 29.4. The van der Waals surface area contributed by atoms with Gasteiger partial charge < -0.3 is 14.4 Å². The summed E-state index contributed by atoms with van der Waals surface area (Å²) in [5.74, 6) is 6.11. The normalized spacial score (nSPS) is 30.8. The standard InChI is InChI=1S/C33H33F3N2O4/c1-20(39)42-32-15-14-25(37(2)28(40)13-10-21-8-11-24(12-9-21)33(34,35)36)30-31(32)16-17-38(19-22-6-7-22)27(32)18-23-4-3-5-26(41-30)29(23)31/h3-5,8-9,11-12,22,25,27,30H,6-7,14-19H2,1-2H3/t25-,27+,30-,31-,32+/m0/s1. The summed E-state index contributed by atoms with van der Waals surface area (Å²) in [5.41, 5.74) is 0.558. The van der Waals surface area contributed by atoms with Crippen LogP contribution in [0.15, 0.2) is 42.5 Å². The number of likely N-dealkylation sites (tertiary alicyclic amines) is 1. The Labute approximate surface area is 243 Å². The molecule has 5 atom stereocenters. The minimum absolute atomic E-state index is 0.0316. The second-order valence-electron chi connectivity index (χ2n) is 12.5. The molecule has 5 aliphatic rings. The van der Waals surface area contributed by atoms with Crippen LogP contribution in [-0.4, -0.2) is 65.6 Å². The Morgan fingerprint density at radius 1 is 1.12 bits per heavy atom. The van der Waals surface area contributed by atoms with E-state index in [0.717, 1.165) is 49.4 Å². The van der Waals surface area contributed by atoms with E-state index in [-0.39, 0.29) is 18.1 Å². The molecule has 2 aliphatic heterocycles. The Balaban J connectivity index is 1.23. The molecule has 220 valence electrons. The molecule has 2 bridgehead atoms. The van der Waals surface area contributed by atoms with Gasteiger partial charge in [-0.25, -0.2) is 0 Å². The summed E-state index contributed by atoms with van der Waals surface area (Å²) in [6.45, 7) is 3.36. The van der Waals surface area contributed by atoms with Crippen molar-refractivity contribution < 1.29 is 32.2 Å². The number of nitrogens with zero attached hydrogens (tertiary/aromatic N) is 2. The number of benzene rings is 2. The lowest BCUT2D eigenvalue weighted by molar-refractivity contribution is -0.223. The van der Waals surface area contributed by atoms with E-state index in [1.165, 1.54) is 37.5 Å². The van der Waals surface area contributed by atoms with Crippen LogP contribution >= 0.6 is 0 Å². The average molecular weight is 579 g/mol. The van der Waals surface area contributed by atoms with Gasteiger partial charge in [0.25, 0.3) is 5.91 Å². The van der Waals surface area contributed by atoms with E-state index in [2.05, 4.69) is 22.8 Å². The van der Waals surface area contributed by atoms with E-state index in [9.17, 15) is 22.8 Å². The van der Waals surface area contributed by atoms with Crippen LogP contribution < -0.4 is 4.74 Å². The van der Waals surface area contributed by atoms with Crippen LogP contribution in [-0.2, 0) is 32.3 Å². The lowest BCUT2D eigenvalue weighted by Gasteiger charge is -2.65. The molecular formula is C33H33F3N2O4. The van der Waals surface area contributed by atoms with E-state index in [0.29, 0.717) is 24.3 Å². The maximum atomic E-state index is 13.4. The number of carbonyl (C=O) groups is 2. The highest BCUT2D eigenvalue weighted by molar-refractivity contribution is 5.94. The fraction of sp³-hybridized carbons (Fsp3) is 0.515. The summed E-state index contributed by atoms with van der Waals surface area (Å²) < 4.78 is 52.0. The summed E-state index contributed by atoms with van der Waals surface area (Å²) >= 11 is 0. The van der Waals surface area contributed by atoms with Gasteiger partial charge in [0, 0.05) is 37.6 Å². The second-order valence-corrected chi connectivity index (χ2v) is 12.5. The summed E-state index contributed by atoms with van der Waals surface area (Å²) in [5, 5.41) is 0. The number of alkyl halides is 3. The first kappa shape index (κ1) is 27.3. The highest BCUT2D eigenvalue weighted by Crippen LogP contribution is 2.66. The van der Waals surface area contributed by atoms with Gasteiger partial charge in [-0.2, -0.15) is 13.2 Å². The Bertz CT molecular complexity index is 1510. The Hall–Kier alpha value is -3.51. The Morgan fingerprint density at radius 3 is 2.57 bits per heavy atom. The predicted molar refractivity (Wildman–Crippen MR) is 148 cm³/mol. The Kier molecular flexibility index (Phi) is 6.18. The molecule has 0 aromatic heterocycles. The summed E-state index contributed by atoms with van der Waals surface area (Å²) in [6, 6.07) is 10.3. The molecule has 1 saturated heterocycles. The van der Waals surface area contributed by atoms with E-state index >= 15 is 0 Å². The number of halogens is 3. The molecular weight excluding hydrogens is 545 g/mol. The minimum atomic E-state index is -4.44. The van der Waals surface area contributed by atoms with Gasteiger partial charge in [-0.05, 0) is 86.9 Å². The van der Waals surface area contributed by atoms with Crippen LogP contribution in [0.1, 0.15) is 61.3 Å². The fourth-order valence-electron chi connectivity index (χ4n) is 8.36. The number of amides is 1. The van der Waals surface area contributed by atoms with Crippen LogP contribution in [0.3, 0.4) is 0 Å². The van der Waals surface area contributed by atoms with Crippen molar-refractivity contribution in [1.82, 2.24) is 9.80 Å². The largest absolute Gasteiger partial charge is 0.487 e. The van der Waals surface area contributed by atoms with Gasteiger partial charge in [0.2, 0.25) is 0 Å². The fourth-order valence-corrected chi connectivity index (χ4v) is 8.36. The SMILES string of the molecule is CC(=O)O[C@@]12CC[C@H](N(C)C(=O)C#Cc3ccc(C(F)(F)F)cc3)[C@@H]3Oc4cccc5c4[C@@]31CCN(CC1CC1)[C@@H]2C5. The number of rotatable bonds is 4. The molecule has 3 fully saturated rings. The zero-order valence-electron chi connectivity index (χ0n) is 23.7. The molecule has 9 heteroatoms. The van der Waals surface area contributed by atoms with Crippen molar-refractivity contribution in [3.8, 4) is 17.6 Å². The van der Waals surface area contributed by atoms with Crippen molar-refractivity contribution in [1.29, 1.82) is 0 Å². The maximum Gasteiger partial charge on any atom is 0.416 e. The van der Waals surface area contributed by atoms with Crippen LogP contribution in [0.4, 0.5) is 13.2 Å². The number of hydrogen-bond acceptors (Lipinski definition) is 5. The zero-order valence-corrected chi connectivity index (χ0v) is 23.7. The lowest BCUT2D eigenvalue weighted by atomic mass is 9.48. The van der Waals surface area contributed by atoms with Crippen molar-refractivity contribution in [2.75, 3.05) is 20.1 Å². The molecule has 0 N–H and O–H groups in total. The van der Waals surface area contributed by atoms with Crippen molar-refractivity contribution in [2.45, 2.75) is 80.8 Å². The maximum absolute atomic E-state index is 13.4. The molecule has 2 heterocycles. The monoisotopic (exact) mass is 578 g/mol. The quantitative estimate of drug-likeness (QED) is 0.388. The third-order valence-corrected chi connectivity index (χ3v) is 10.3.